The van der Waals surface area contributed by atoms with Gasteiger partial charge in [-0.15, -0.1) is 0 Å². The summed E-state index contributed by atoms with van der Waals surface area (Å²) < 4.78 is 19.3. The second-order valence-electron chi connectivity index (χ2n) is 8.40. The van der Waals surface area contributed by atoms with Gasteiger partial charge in [-0.3, -0.25) is 4.79 Å². The van der Waals surface area contributed by atoms with Gasteiger partial charge in [-0.05, 0) is 53.4 Å². The van der Waals surface area contributed by atoms with Crippen molar-refractivity contribution in [2.45, 2.75) is 40.0 Å². The molecule has 0 atom stereocenters. The molecule has 4 rings (SSSR count). The predicted molar refractivity (Wildman–Crippen MR) is 144 cm³/mol. The molecule has 4 aromatic rings. The van der Waals surface area contributed by atoms with Gasteiger partial charge >= 0.3 is 5.97 Å². The van der Waals surface area contributed by atoms with E-state index < -0.39 is 0 Å². The van der Waals surface area contributed by atoms with Crippen LogP contribution in [0, 0.1) is 0 Å². The lowest BCUT2D eigenvalue weighted by atomic mass is 10.0. The van der Waals surface area contributed by atoms with E-state index in [1.54, 1.807) is 25.1 Å². The molecule has 2 N–H and O–H groups in total. The van der Waals surface area contributed by atoms with Gasteiger partial charge in [-0.1, -0.05) is 44.2 Å². The second kappa shape index (κ2) is 11.1. The zero-order valence-electron chi connectivity index (χ0n) is 20.6. The lowest BCUT2D eigenvalue weighted by Crippen LogP contribution is -2.07. The minimum atomic E-state index is -0.323. The summed E-state index contributed by atoms with van der Waals surface area (Å²) >= 11 is 3.55. The Labute approximate surface area is 218 Å². The van der Waals surface area contributed by atoms with Crippen molar-refractivity contribution in [2.24, 2.45) is 0 Å². The average molecular weight is 556 g/mol. The first-order valence-corrected chi connectivity index (χ1v) is 12.9. The Balaban J connectivity index is 1.98. The molecule has 1 heterocycles. The fraction of sp³-hybridized carbons (Fsp3) is 0.321. The van der Waals surface area contributed by atoms with E-state index in [-0.39, 0.29) is 24.2 Å². The van der Waals surface area contributed by atoms with Crippen LogP contribution < -0.4 is 9.47 Å². The largest absolute Gasteiger partial charge is 0.494 e. The molecule has 0 aliphatic heterocycles. The third-order valence-corrected chi connectivity index (χ3v) is 6.43. The quantitative estimate of drug-likeness (QED) is 0.213. The van der Waals surface area contributed by atoms with Crippen LogP contribution in [0.3, 0.4) is 0 Å². The minimum Gasteiger partial charge on any atom is -0.494 e. The fourth-order valence-corrected chi connectivity index (χ4v) is 4.89. The Morgan fingerprint density at radius 3 is 1.92 bits per heavy atom. The van der Waals surface area contributed by atoms with Gasteiger partial charge in [0.25, 0.3) is 0 Å². The monoisotopic (exact) mass is 555 g/mol. The van der Waals surface area contributed by atoms with Crippen LogP contribution in [0.5, 0.6) is 23.3 Å². The summed E-state index contributed by atoms with van der Waals surface area (Å²) in [6, 6.07) is 12.9. The van der Waals surface area contributed by atoms with E-state index in [0.717, 1.165) is 29.2 Å². The Kier molecular flexibility index (Phi) is 7.94. The molecular weight excluding hydrogens is 526 g/mol. The van der Waals surface area contributed by atoms with Gasteiger partial charge in [-0.2, -0.15) is 0 Å². The van der Waals surface area contributed by atoms with Gasteiger partial charge in [0.05, 0.1) is 42.7 Å². The number of aromatic nitrogens is 1. The molecule has 3 aromatic carbocycles. The van der Waals surface area contributed by atoms with Crippen LogP contribution in [0.2, 0.25) is 0 Å². The zero-order valence-corrected chi connectivity index (χ0v) is 22.2. The van der Waals surface area contributed by atoms with E-state index >= 15 is 0 Å². The SMILES string of the molecule is CCCOc1c2ccccc2c(OCCC)c2c(O)n(-c3ccc(CC(=O)OCC)cc3Br)c(O)c12. The van der Waals surface area contributed by atoms with Crippen molar-refractivity contribution < 1.29 is 29.2 Å². The third kappa shape index (κ3) is 4.69. The van der Waals surface area contributed by atoms with Crippen LogP contribution in [0.1, 0.15) is 39.2 Å². The van der Waals surface area contributed by atoms with Gasteiger partial charge in [0, 0.05) is 15.2 Å². The van der Waals surface area contributed by atoms with Crippen molar-refractivity contribution in [3.05, 3.63) is 52.5 Å². The molecule has 0 aliphatic carbocycles. The summed E-state index contributed by atoms with van der Waals surface area (Å²) in [5, 5.41) is 25.3. The van der Waals surface area contributed by atoms with Crippen molar-refractivity contribution >= 4 is 43.4 Å². The van der Waals surface area contributed by atoms with Crippen molar-refractivity contribution in [3.63, 3.8) is 0 Å². The van der Waals surface area contributed by atoms with Crippen LogP contribution in [0.25, 0.3) is 27.2 Å². The van der Waals surface area contributed by atoms with E-state index in [9.17, 15) is 15.0 Å². The zero-order chi connectivity index (χ0) is 25.8. The normalized spacial score (nSPS) is 11.2. The molecule has 0 saturated carbocycles. The van der Waals surface area contributed by atoms with E-state index in [1.807, 2.05) is 38.1 Å². The molecule has 0 unspecified atom stereocenters. The Hall–Kier alpha value is -3.39. The average Bonchev–Trinajstić information content (AvgIpc) is 3.11. The number of ether oxygens (including phenoxy) is 3. The summed E-state index contributed by atoms with van der Waals surface area (Å²) in [6.45, 7) is 7.00. The predicted octanol–water partition coefficient (Wildman–Crippen LogP) is 6.64. The molecule has 0 aliphatic rings. The summed E-state index contributed by atoms with van der Waals surface area (Å²) in [7, 11) is 0. The summed E-state index contributed by atoms with van der Waals surface area (Å²) in [5.74, 6) is 0.330. The maximum absolute atomic E-state index is 11.9. The van der Waals surface area contributed by atoms with Gasteiger partial charge in [0.2, 0.25) is 11.8 Å². The maximum atomic E-state index is 11.9. The highest BCUT2D eigenvalue weighted by molar-refractivity contribution is 9.10. The summed E-state index contributed by atoms with van der Waals surface area (Å²) in [4.78, 5) is 11.9. The number of benzene rings is 3. The Morgan fingerprint density at radius 1 is 0.889 bits per heavy atom. The number of carbonyl (C=O) groups is 1. The molecular formula is C28H30BrNO6. The number of hydrogen-bond donors (Lipinski definition) is 2. The number of esters is 1. The van der Waals surface area contributed by atoms with E-state index in [0.29, 0.717) is 52.3 Å². The molecule has 0 saturated heterocycles. The fourth-order valence-electron chi connectivity index (χ4n) is 4.28. The summed E-state index contributed by atoms with van der Waals surface area (Å²) in [6.07, 6.45) is 1.68. The number of aromatic hydroxyl groups is 2. The lowest BCUT2D eigenvalue weighted by Gasteiger charge is -2.15. The standard InChI is InChI=1S/C28H30BrNO6/c1-4-13-35-25-18-9-7-8-10-19(18)26(36-14-5-2)24-23(25)27(32)30(28(24)33)21-12-11-17(15-20(21)29)16-22(31)34-6-3/h7-12,15,32-33H,4-6,13-14,16H2,1-3H3. The van der Waals surface area contributed by atoms with Crippen molar-refractivity contribution in [1.29, 1.82) is 0 Å². The molecule has 0 spiro atoms. The Morgan fingerprint density at radius 2 is 1.44 bits per heavy atom. The van der Waals surface area contributed by atoms with Crippen molar-refractivity contribution in [1.82, 2.24) is 4.57 Å². The number of rotatable bonds is 10. The number of hydrogen-bond acceptors (Lipinski definition) is 6. The number of fused-ring (bicyclic) bond motifs is 2. The highest BCUT2D eigenvalue weighted by atomic mass is 79.9. The molecule has 0 bridgehead atoms. The van der Waals surface area contributed by atoms with Crippen LogP contribution in [0.4, 0.5) is 0 Å². The summed E-state index contributed by atoms with van der Waals surface area (Å²) in [5.41, 5.74) is 1.24. The minimum absolute atomic E-state index is 0.119. The first-order chi connectivity index (χ1) is 17.4. The molecule has 7 nitrogen and oxygen atoms in total. The highest BCUT2D eigenvalue weighted by Crippen LogP contribution is 2.53. The van der Waals surface area contributed by atoms with Gasteiger partial charge in [0.15, 0.2) is 0 Å². The molecule has 8 heteroatoms. The molecule has 0 amide bonds. The van der Waals surface area contributed by atoms with Gasteiger partial charge in [0.1, 0.15) is 11.5 Å². The van der Waals surface area contributed by atoms with Crippen LogP contribution >= 0.6 is 15.9 Å². The van der Waals surface area contributed by atoms with E-state index in [1.165, 1.54) is 4.57 Å². The Bertz CT molecular complexity index is 1340. The van der Waals surface area contributed by atoms with Crippen LogP contribution in [-0.4, -0.2) is 40.6 Å². The van der Waals surface area contributed by atoms with Crippen LogP contribution in [-0.2, 0) is 16.0 Å². The van der Waals surface area contributed by atoms with E-state index in [2.05, 4.69) is 15.9 Å². The molecule has 0 radical (unpaired) electrons. The van der Waals surface area contributed by atoms with Crippen LogP contribution in [0.15, 0.2) is 46.9 Å². The molecule has 190 valence electrons. The highest BCUT2D eigenvalue weighted by Gasteiger charge is 2.28. The number of carbonyl (C=O) groups excluding carboxylic acids is 1. The molecule has 1 aromatic heterocycles. The first kappa shape index (κ1) is 25.7. The number of halogens is 1. The topological polar surface area (TPSA) is 90.2 Å². The smallest absolute Gasteiger partial charge is 0.310 e. The maximum Gasteiger partial charge on any atom is 0.310 e. The third-order valence-electron chi connectivity index (χ3n) is 5.80. The molecule has 0 fully saturated rings. The van der Waals surface area contributed by atoms with Gasteiger partial charge < -0.3 is 24.4 Å². The van der Waals surface area contributed by atoms with Crippen molar-refractivity contribution in [2.75, 3.05) is 19.8 Å². The first-order valence-electron chi connectivity index (χ1n) is 12.1. The lowest BCUT2D eigenvalue weighted by molar-refractivity contribution is -0.142. The second-order valence-corrected chi connectivity index (χ2v) is 9.26. The van der Waals surface area contributed by atoms with Gasteiger partial charge in [-0.25, -0.2) is 4.57 Å². The molecule has 36 heavy (non-hydrogen) atoms. The van der Waals surface area contributed by atoms with Crippen molar-refractivity contribution in [3.8, 4) is 28.9 Å². The number of nitrogens with zero attached hydrogens (tertiary/aromatic N) is 1. The van der Waals surface area contributed by atoms with E-state index in [4.69, 9.17) is 14.2 Å².